The molecule has 122 valence electrons. The first-order valence-electron chi connectivity index (χ1n) is 7.22. The Bertz CT molecular complexity index is 659. The van der Waals surface area contributed by atoms with Crippen LogP contribution in [-0.4, -0.2) is 60.2 Å². The molecule has 2 N–H and O–H groups in total. The summed E-state index contributed by atoms with van der Waals surface area (Å²) in [6.45, 7) is 0.884. The highest BCUT2D eigenvalue weighted by atomic mass is 16.5. The summed E-state index contributed by atoms with van der Waals surface area (Å²) < 4.78 is 10.6. The third kappa shape index (κ3) is 3.42. The summed E-state index contributed by atoms with van der Waals surface area (Å²) in [4.78, 5) is 36.2. The van der Waals surface area contributed by atoms with Crippen LogP contribution in [0.2, 0.25) is 0 Å². The van der Waals surface area contributed by atoms with Crippen molar-refractivity contribution in [3.8, 4) is 5.75 Å². The van der Waals surface area contributed by atoms with Gasteiger partial charge < -0.3 is 24.8 Å². The summed E-state index contributed by atoms with van der Waals surface area (Å²) in [6.07, 6.45) is -0.649. The first kappa shape index (κ1) is 15.3. The van der Waals surface area contributed by atoms with E-state index in [0.717, 1.165) is 0 Å². The topological polar surface area (TPSA) is 105 Å². The van der Waals surface area contributed by atoms with Crippen LogP contribution in [0.5, 0.6) is 5.75 Å². The third-order valence-electron chi connectivity index (χ3n) is 3.69. The summed E-state index contributed by atoms with van der Waals surface area (Å²) in [6, 6.07) is 4.83. The number of benzene rings is 1. The molecule has 0 radical (unpaired) electrons. The van der Waals surface area contributed by atoms with Gasteiger partial charge in [-0.2, -0.15) is 0 Å². The van der Waals surface area contributed by atoms with Crippen LogP contribution >= 0.6 is 0 Å². The number of carboxylic acids is 1. The molecule has 1 saturated heterocycles. The highest BCUT2D eigenvalue weighted by molar-refractivity contribution is 5.99. The number of nitrogens with one attached hydrogen (secondary N) is 1. The standard InChI is InChI=1S/C15H16N2O6/c18-13-8-23-12-2-1-9(5-11(12)16-13)15(21)17-3-4-22-10(7-17)6-14(19)20/h1-2,5,10H,3-4,6-8H2,(H,16,18)(H,19,20)/t10-/m0/s1. The molecule has 0 spiro atoms. The smallest absolute Gasteiger partial charge is 0.306 e. The Balaban J connectivity index is 1.73. The zero-order valence-corrected chi connectivity index (χ0v) is 12.3. The van der Waals surface area contributed by atoms with E-state index in [2.05, 4.69) is 5.32 Å². The first-order chi connectivity index (χ1) is 11.0. The van der Waals surface area contributed by atoms with E-state index >= 15 is 0 Å². The second-order valence-electron chi connectivity index (χ2n) is 5.39. The maximum Gasteiger partial charge on any atom is 0.306 e. The summed E-state index contributed by atoms with van der Waals surface area (Å²) in [5.74, 6) is -0.939. The Morgan fingerprint density at radius 1 is 1.39 bits per heavy atom. The van der Waals surface area contributed by atoms with Crippen LogP contribution < -0.4 is 10.1 Å². The summed E-state index contributed by atoms with van der Waals surface area (Å²) in [5.41, 5.74) is 0.868. The van der Waals surface area contributed by atoms with Crippen molar-refractivity contribution in [1.82, 2.24) is 4.90 Å². The number of carbonyl (C=O) groups is 3. The zero-order chi connectivity index (χ0) is 16.4. The second kappa shape index (κ2) is 6.25. The molecule has 8 heteroatoms. The quantitative estimate of drug-likeness (QED) is 0.832. The molecule has 0 unspecified atom stereocenters. The Labute approximate surface area is 132 Å². The molecule has 23 heavy (non-hydrogen) atoms. The van der Waals surface area contributed by atoms with Gasteiger partial charge in [-0.15, -0.1) is 0 Å². The molecule has 3 rings (SSSR count). The molecule has 0 saturated carbocycles. The van der Waals surface area contributed by atoms with Crippen LogP contribution in [0.4, 0.5) is 5.69 Å². The van der Waals surface area contributed by atoms with Gasteiger partial charge >= 0.3 is 5.97 Å². The second-order valence-corrected chi connectivity index (χ2v) is 5.39. The van der Waals surface area contributed by atoms with Gasteiger partial charge in [0.1, 0.15) is 5.75 Å². The zero-order valence-electron chi connectivity index (χ0n) is 12.3. The van der Waals surface area contributed by atoms with E-state index in [1.807, 2.05) is 0 Å². The lowest BCUT2D eigenvalue weighted by atomic mass is 10.1. The van der Waals surface area contributed by atoms with Gasteiger partial charge in [-0.25, -0.2) is 0 Å². The molecule has 2 aliphatic heterocycles. The van der Waals surface area contributed by atoms with Crippen molar-refractivity contribution in [2.75, 3.05) is 31.6 Å². The molecule has 1 atom stereocenters. The van der Waals surface area contributed by atoms with Gasteiger partial charge in [-0.05, 0) is 18.2 Å². The lowest BCUT2D eigenvalue weighted by Crippen LogP contribution is -2.46. The van der Waals surface area contributed by atoms with Crippen LogP contribution in [0.3, 0.4) is 0 Å². The van der Waals surface area contributed by atoms with E-state index in [-0.39, 0.29) is 31.4 Å². The van der Waals surface area contributed by atoms with Crippen molar-refractivity contribution < 1.29 is 29.0 Å². The number of morpholine rings is 1. The predicted molar refractivity (Wildman–Crippen MR) is 78.5 cm³/mol. The van der Waals surface area contributed by atoms with Crippen LogP contribution in [-0.2, 0) is 14.3 Å². The fourth-order valence-corrected chi connectivity index (χ4v) is 2.62. The number of anilines is 1. The summed E-state index contributed by atoms with van der Waals surface area (Å²) in [7, 11) is 0. The van der Waals surface area contributed by atoms with E-state index < -0.39 is 12.1 Å². The van der Waals surface area contributed by atoms with E-state index in [1.165, 1.54) is 0 Å². The largest absolute Gasteiger partial charge is 0.482 e. The Morgan fingerprint density at radius 3 is 3.00 bits per heavy atom. The molecule has 2 heterocycles. The average molecular weight is 320 g/mol. The number of carbonyl (C=O) groups excluding carboxylic acids is 2. The minimum absolute atomic E-state index is 0.0410. The number of nitrogens with zero attached hydrogens (tertiary/aromatic N) is 1. The molecule has 2 amide bonds. The maximum atomic E-state index is 12.6. The number of rotatable bonds is 3. The van der Waals surface area contributed by atoms with E-state index in [4.69, 9.17) is 14.6 Å². The molecule has 0 aromatic heterocycles. The van der Waals surface area contributed by atoms with E-state index in [1.54, 1.807) is 23.1 Å². The van der Waals surface area contributed by atoms with Gasteiger partial charge in [-0.1, -0.05) is 0 Å². The Hall–Kier alpha value is -2.61. The Kier molecular flexibility index (Phi) is 4.16. The van der Waals surface area contributed by atoms with Crippen LogP contribution in [0.15, 0.2) is 18.2 Å². The number of carboxylic acid groups (broad SMARTS) is 1. The SMILES string of the molecule is O=C(O)C[C@H]1CN(C(=O)c2ccc3c(c2)NC(=O)CO3)CCO1. The number of hydrogen-bond donors (Lipinski definition) is 2. The highest BCUT2D eigenvalue weighted by Crippen LogP contribution is 2.29. The molecule has 1 fully saturated rings. The monoisotopic (exact) mass is 320 g/mol. The van der Waals surface area contributed by atoms with Gasteiger partial charge in [0.05, 0.1) is 24.8 Å². The lowest BCUT2D eigenvalue weighted by molar-refractivity contribution is -0.141. The number of amides is 2. The van der Waals surface area contributed by atoms with E-state index in [9.17, 15) is 14.4 Å². The third-order valence-corrected chi connectivity index (χ3v) is 3.69. The maximum absolute atomic E-state index is 12.6. The molecule has 8 nitrogen and oxygen atoms in total. The number of hydrogen-bond acceptors (Lipinski definition) is 5. The average Bonchev–Trinajstić information content (AvgIpc) is 2.53. The molecular weight excluding hydrogens is 304 g/mol. The van der Waals surface area contributed by atoms with Gasteiger partial charge in [0.2, 0.25) is 0 Å². The minimum atomic E-state index is -0.960. The van der Waals surface area contributed by atoms with Crippen molar-refractivity contribution in [2.45, 2.75) is 12.5 Å². The molecular formula is C15H16N2O6. The summed E-state index contributed by atoms with van der Waals surface area (Å²) >= 11 is 0. The predicted octanol–water partition coefficient (Wildman–Crippen LogP) is 0.333. The fraction of sp³-hybridized carbons (Fsp3) is 0.400. The first-order valence-corrected chi connectivity index (χ1v) is 7.22. The molecule has 1 aromatic carbocycles. The van der Waals surface area contributed by atoms with Crippen molar-refractivity contribution >= 4 is 23.5 Å². The highest BCUT2D eigenvalue weighted by Gasteiger charge is 2.27. The Morgan fingerprint density at radius 2 is 2.22 bits per heavy atom. The van der Waals surface area contributed by atoms with Gasteiger partial charge in [0.15, 0.2) is 6.61 Å². The van der Waals surface area contributed by atoms with Gasteiger partial charge in [0, 0.05) is 18.7 Å². The molecule has 2 aliphatic rings. The number of fused-ring (bicyclic) bond motifs is 1. The fourth-order valence-electron chi connectivity index (χ4n) is 2.62. The normalized spacial score (nSPS) is 20.3. The lowest BCUT2D eigenvalue weighted by Gasteiger charge is -2.32. The molecule has 0 aliphatic carbocycles. The van der Waals surface area contributed by atoms with Crippen molar-refractivity contribution in [3.05, 3.63) is 23.8 Å². The van der Waals surface area contributed by atoms with Gasteiger partial charge in [-0.3, -0.25) is 14.4 Å². The van der Waals surface area contributed by atoms with Crippen LogP contribution in [0.25, 0.3) is 0 Å². The minimum Gasteiger partial charge on any atom is -0.482 e. The molecule has 1 aromatic rings. The molecule has 0 bridgehead atoms. The number of ether oxygens (including phenoxy) is 2. The van der Waals surface area contributed by atoms with E-state index in [0.29, 0.717) is 30.2 Å². The van der Waals surface area contributed by atoms with Crippen LogP contribution in [0, 0.1) is 0 Å². The van der Waals surface area contributed by atoms with Crippen molar-refractivity contribution in [1.29, 1.82) is 0 Å². The van der Waals surface area contributed by atoms with Gasteiger partial charge in [0.25, 0.3) is 11.8 Å². The van der Waals surface area contributed by atoms with Crippen LogP contribution in [0.1, 0.15) is 16.8 Å². The number of aliphatic carboxylic acids is 1. The van der Waals surface area contributed by atoms with Crippen molar-refractivity contribution in [3.63, 3.8) is 0 Å². The van der Waals surface area contributed by atoms with Crippen molar-refractivity contribution in [2.24, 2.45) is 0 Å². The summed E-state index contributed by atoms with van der Waals surface area (Å²) in [5, 5.41) is 11.5.